The number of amides is 1. The van der Waals surface area contributed by atoms with Gasteiger partial charge in [-0.3, -0.25) is 0 Å². The number of rotatable bonds is 2. The topological polar surface area (TPSA) is 38.3 Å². The van der Waals surface area contributed by atoms with Gasteiger partial charge in [0.15, 0.2) is 0 Å². The van der Waals surface area contributed by atoms with Crippen molar-refractivity contribution in [1.82, 2.24) is 5.32 Å². The van der Waals surface area contributed by atoms with Crippen LogP contribution in [0.1, 0.15) is 60.8 Å². The molecule has 1 fully saturated rings. The summed E-state index contributed by atoms with van der Waals surface area (Å²) < 4.78 is 5.20. The third-order valence-electron chi connectivity index (χ3n) is 2.56. The number of carbonyl (C=O) groups excluding carboxylic acids is 1. The Balaban J connectivity index is 0. The minimum atomic E-state index is -0.313. The Kier molecular flexibility index (Phi) is 10.5. The molecule has 0 aliphatic heterocycles. The van der Waals surface area contributed by atoms with Crippen molar-refractivity contribution < 1.29 is 9.53 Å². The quantitative estimate of drug-likeness (QED) is 0.780. The summed E-state index contributed by atoms with van der Waals surface area (Å²) in [7, 11) is 1.58. The Bertz CT molecular complexity index is 175. The molecular weight excluding hydrogens is 202 g/mol. The summed E-state index contributed by atoms with van der Waals surface area (Å²) in [4.78, 5) is 10.9. The van der Waals surface area contributed by atoms with Gasteiger partial charge in [0, 0.05) is 7.05 Å². The van der Waals surface area contributed by atoms with Gasteiger partial charge < -0.3 is 10.1 Å². The van der Waals surface area contributed by atoms with Gasteiger partial charge in [-0.2, -0.15) is 0 Å². The minimum Gasteiger partial charge on any atom is -0.443 e. The van der Waals surface area contributed by atoms with Crippen LogP contribution in [0.3, 0.4) is 0 Å². The average molecular weight is 231 g/mol. The van der Waals surface area contributed by atoms with Gasteiger partial charge in [-0.05, 0) is 25.7 Å². The molecule has 16 heavy (non-hydrogen) atoms. The molecular formula is C13H29NO2. The summed E-state index contributed by atoms with van der Waals surface area (Å²) in [6.45, 7) is 12.2. The maximum atomic E-state index is 10.9. The van der Waals surface area contributed by atoms with Crippen LogP contribution in [-0.2, 0) is 4.74 Å². The van der Waals surface area contributed by atoms with Gasteiger partial charge in [0.2, 0.25) is 0 Å². The van der Waals surface area contributed by atoms with Crippen molar-refractivity contribution in [3.63, 3.8) is 0 Å². The van der Waals surface area contributed by atoms with Crippen molar-refractivity contribution >= 4 is 6.09 Å². The smallest absolute Gasteiger partial charge is 0.407 e. The molecule has 0 atom stereocenters. The van der Waals surface area contributed by atoms with Gasteiger partial charge in [0.05, 0.1) is 0 Å². The molecule has 0 radical (unpaired) electrons. The van der Waals surface area contributed by atoms with Crippen LogP contribution >= 0.6 is 0 Å². The molecule has 1 N–H and O–H groups in total. The molecule has 3 heteroatoms. The van der Waals surface area contributed by atoms with E-state index >= 15 is 0 Å². The van der Waals surface area contributed by atoms with Crippen molar-refractivity contribution in [2.24, 2.45) is 5.92 Å². The zero-order chi connectivity index (χ0) is 13.2. The Morgan fingerprint density at radius 3 is 2.06 bits per heavy atom. The molecule has 0 unspecified atom stereocenters. The molecule has 98 valence electrons. The van der Waals surface area contributed by atoms with Crippen LogP contribution in [0.15, 0.2) is 0 Å². The van der Waals surface area contributed by atoms with E-state index in [1.54, 1.807) is 7.05 Å². The summed E-state index contributed by atoms with van der Waals surface area (Å²) >= 11 is 0. The molecule has 1 aliphatic rings. The SMILES string of the molecule is CC.CC.CCC1CC(C)(OC(=O)NC)C1. The zero-order valence-electron chi connectivity index (χ0n) is 12.0. The van der Waals surface area contributed by atoms with Crippen LogP contribution < -0.4 is 5.32 Å². The number of hydrogen-bond donors (Lipinski definition) is 1. The van der Waals surface area contributed by atoms with Crippen molar-refractivity contribution in [1.29, 1.82) is 0 Å². The number of hydrogen-bond acceptors (Lipinski definition) is 2. The number of nitrogens with one attached hydrogen (secondary N) is 1. The second kappa shape index (κ2) is 9.49. The first kappa shape index (κ1) is 17.7. The Morgan fingerprint density at radius 2 is 1.75 bits per heavy atom. The zero-order valence-corrected chi connectivity index (χ0v) is 12.0. The fourth-order valence-corrected chi connectivity index (χ4v) is 1.81. The van der Waals surface area contributed by atoms with Gasteiger partial charge in [-0.15, -0.1) is 0 Å². The Morgan fingerprint density at radius 1 is 1.31 bits per heavy atom. The van der Waals surface area contributed by atoms with Crippen LogP contribution in [-0.4, -0.2) is 18.7 Å². The largest absolute Gasteiger partial charge is 0.443 e. The van der Waals surface area contributed by atoms with E-state index < -0.39 is 0 Å². The first-order chi connectivity index (χ1) is 7.59. The Labute approximate surface area is 101 Å². The Hall–Kier alpha value is -0.730. The summed E-state index contributed by atoms with van der Waals surface area (Å²) in [6.07, 6.45) is 2.90. The molecule has 0 spiro atoms. The highest BCUT2D eigenvalue weighted by Crippen LogP contribution is 2.42. The molecule has 0 aromatic heterocycles. The van der Waals surface area contributed by atoms with E-state index in [0.29, 0.717) is 0 Å². The maximum Gasteiger partial charge on any atom is 0.407 e. The van der Waals surface area contributed by atoms with Crippen LogP contribution in [0.2, 0.25) is 0 Å². The third kappa shape index (κ3) is 5.99. The molecule has 0 aromatic rings. The number of carbonyl (C=O) groups is 1. The van der Waals surface area contributed by atoms with E-state index in [2.05, 4.69) is 12.2 Å². The average Bonchev–Trinajstić information content (AvgIpc) is 2.30. The van der Waals surface area contributed by atoms with Gasteiger partial charge >= 0.3 is 6.09 Å². The van der Waals surface area contributed by atoms with E-state index in [-0.39, 0.29) is 11.7 Å². The molecule has 1 amide bonds. The van der Waals surface area contributed by atoms with E-state index in [1.165, 1.54) is 6.42 Å². The fourth-order valence-electron chi connectivity index (χ4n) is 1.81. The highest BCUT2D eigenvalue weighted by molar-refractivity contribution is 5.67. The predicted molar refractivity (Wildman–Crippen MR) is 69.7 cm³/mol. The first-order valence-corrected chi connectivity index (χ1v) is 6.50. The summed E-state index contributed by atoms with van der Waals surface area (Å²) in [5, 5.41) is 2.46. The van der Waals surface area contributed by atoms with Gasteiger partial charge in [-0.25, -0.2) is 4.79 Å². The summed E-state index contributed by atoms with van der Waals surface area (Å²) in [6, 6.07) is 0. The molecule has 1 rings (SSSR count). The summed E-state index contributed by atoms with van der Waals surface area (Å²) in [5.74, 6) is 0.750. The van der Waals surface area contributed by atoms with Crippen molar-refractivity contribution in [3.05, 3.63) is 0 Å². The highest BCUT2D eigenvalue weighted by atomic mass is 16.6. The van der Waals surface area contributed by atoms with E-state index in [0.717, 1.165) is 18.8 Å². The normalized spacial score (nSPS) is 26.1. The number of ether oxygens (including phenoxy) is 1. The van der Waals surface area contributed by atoms with Crippen molar-refractivity contribution in [3.8, 4) is 0 Å². The molecule has 0 heterocycles. The lowest BCUT2D eigenvalue weighted by atomic mass is 9.71. The molecule has 0 bridgehead atoms. The lowest BCUT2D eigenvalue weighted by Crippen LogP contribution is -2.46. The molecule has 3 nitrogen and oxygen atoms in total. The van der Waals surface area contributed by atoms with Crippen molar-refractivity contribution in [2.75, 3.05) is 7.05 Å². The van der Waals surface area contributed by atoms with Crippen LogP contribution in [0.25, 0.3) is 0 Å². The third-order valence-corrected chi connectivity index (χ3v) is 2.56. The lowest BCUT2D eigenvalue weighted by molar-refractivity contribution is -0.0674. The molecule has 0 aromatic carbocycles. The van der Waals surface area contributed by atoms with Gasteiger partial charge in [0.25, 0.3) is 0 Å². The second-order valence-corrected chi connectivity index (χ2v) is 3.77. The maximum absolute atomic E-state index is 10.9. The van der Waals surface area contributed by atoms with Crippen LogP contribution in [0.4, 0.5) is 4.79 Å². The van der Waals surface area contributed by atoms with E-state index in [4.69, 9.17) is 4.74 Å². The monoisotopic (exact) mass is 231 g/mol. The summed E-state index contributed by atoms with van der Waals surface area (Å²) in [5.41, 5.74) is -0.194. The first-order valence-electron chi connectivity index (χ1n) is 6.50. The van der Waals surface area contributed by atoms with E-state index in [9.17, 15) is 4.79 Å². The lowest BCUT2D eigenvalue weighted by Gasteiger charge is -2.43. The van der Waals surface area contributed by atoms with Crippen molar-refractivity contribution in [2.45, 2.75) is 66.4 Å². The molecule has 0 saturated heterocycles. The molecule has 1 saturated carbocycles. The standard InChI is InChI=1S/C9H17NO2.2C2H6/c1-4-7-5-9(2,6-7)12-8(11)10-3;2*1-2/h7H,4-6H2,1-3H3,(H,10,11);2*1-2H3. The minimum absolute atomic E-state index is 0.194. The highest BCUT2D eigenvalue weighted by Gasteiger charge is 2.42. The predicted octanol–water partition coefficient (Wildman–Crippen LogP) is 3.97. The van der Waals surface area contributed by atoms with Crippen LogP contribution in [0, 0.1) is 5.92 Å². The molecule has 1 aliphatic carbocycles. The van der Waals surface area contributed by atoms with Gasteiger partial charge in [-0.1, -0.05) is 41.0 Å². The van der Waals surface area contributed by atoms with Gasteiger partial charge in [0.1, 0.15) is 5.60 Å². The second-order valence-electron chi connectivity index (χ2n) is 3.77. The number of alkyl carbamates (subject to hydrolysis) is 1. The van der Waals surface area contributed by atoms with Crippen LogP contribution in [0.5, 0.6) is 0 Å². The van der Waals surface area contributed by atoms with E-state index in [1.807, 2.05) is 34.6 Å². The fraction of sp³-hybridized carbons (Fsp3) is 0.923.